The fourth-order valence-electron chi connectivity index (χ4n) is 2.22. The summed E-state index contributed by atoms with van der Waals surface area (Å²) in [6.07, 6.45) is 0. The van der Waals surface area contributed by atoms with Gasteiger partial charge in [0.25, 0.3) is 5.91 Å². The molecule has 1 N–H and O–H groups in total. The third kappa shape index (κ3) is 5.24. The SMILES string of the molecule is CC(=O)c1cccc(NC(=O)COC(=O)c2cccc(S(=O)(=O)N(C)C)c2)c1. The number of nitrogens with one attached hydrogen (secondary N) is 1. The van der Waals surface area contributed by atoms with Crippen LogP contribution in [-0.4, -0.2) is 51.1 Å². The summed E-state index contributed by atoms with van der Waals surface area (Å²) in [5.74, 6) is -1.57. The van der Waals surface area contributed by atoms with Crippen molar-refractivity contribution in [3.8, 4) is 0 Å². The second-order valence-electron chi connectivity index (χ2n) is 6.08. The molecule has 28 heavy (non-hydrogen) atoms. The number of sulfonamides is 1. The summed E-state index contributed by atoms with van der Waals surface area (Å²) in [6, 6.07) is 11.7. The summed E-state index contributed by atoms with van der Waals surface area (Å²) in [5.41, 5.74) is 0.843. The number of rotatable bonds is 7. The van der Waals surface area contributed by atoms with E-state index in [4.69, 9.17) is 4.74 Å². The van der Waals surface area contributed by atoms with E-state index >= 15 is 0 Å². The summed E-state index contributed by atoms with van der Waals surface area (Å²) >= 11 is 0. The maximum absolute atomic E-state index is 12.1. The normalized spacial score (nSPS) is 11.1. The van der Waals surface area contributed by atoms with Crippen LogP contribution in [0.25, 0.3) is 0 Å². The molecule has 9 heteroatoms. The number of Topliss-reactive ketones (excluding diaryl/α,β-unsaturated/α-hetero) is 1. The number of ketones is 1. The van der Waals surface area contributed by atoms with E-state index < -0.39 is 28.5 Å². The quantitative estimate of drug-likeness (QED) is 0.558. The van der Waals surface area contributed by atoms with Crippen molar-refractivity contribution in [2.24, 2.45) is 0 Å². The van der Waals surface area contributed by atoms with Crippen LogP contribution in [0.4, 0.5) is 5.69 Å². The summed E-state index contributed by atoms with van der Waals surface area (Å²) in [5, 5.41) is 2.52. The standard InChI is InChI=1S/C19H20N2O6S/c1-13(22)14-6-4-8-16(10-14)20-18(23)12-27-19(24)15-7-5-9-17(11-15)28(25,26)21(2)3/h4-11H,12H2,1-3H3,(H,20,23). The second kappa shape index (κ2) is 8.77. The van der Waals surface area contributed by atoms with E-state index in [1.165, 1.54) is 51.4 Å². The number of carbonyl (C=O) groups is 3. The van der Waals surface area contributed by atoms with E-state index in [1.54, 1.807) is 18.2 Å². The van der Waals surface area contributed by atoms with Crippen molar-refractivity contribution >= 4 is 33.4 Å². The van der Waals surface area contributed by atoms with Gasteiger partial charge in [-0.3, -0.25) is 9.59 Å². The summed E-state index contributed by atoms with van der Waals surface area (Å²) in [7, 11) is -0.936. The Bertz CT molecular complexity index is 1010. The molecule has 0 saturated carbocycles. The van der Waals surface area contributed by atoms with E-state index in [1.807, 2.05) is 0 Å². The van der Waals surface area contributed by atoms with Crippen LogP contribution < -0.4 is 5.32 Å². The maximum Gasteiger partial charge on any atom is 0.338 e. The number of hydrogen-bond acceptors (Lipinski definition) is 6. The van der Waals surface area contributed by atoms with Gasteiger partial charge >= 0.3 is 5.97 Å². The molecule has 148 valence electrons. The number of benzene rings is 2. The van der Waals surface area contributed by atoms with Gasteiger partial charge < -0.3 is 10.1 Å². The number of amides is 1. The monoisotopic (exact) mass is 404 g/mol. The largest absolute Gasteiger partial charge is 0.452 e. The van der Waals surface area contributed by atoms with Gasteiger partial charge in [0.1, 0.15) is 0 Å². The molecule has 0 fully saturated rings. The molecule has 0 aliphatic rings. The van der Waals surface area contributed by atoms with Crippen LogP contribution in [-0.2, 0) is 19.6 Å². The van der Waals surface area contributed by atoms with Gasteiger partial charge in [-0.05, 0) is 37.3 Å². The Kier molecular flexibility index (Phi) is 6.66. The Morgan fingerprint density at radius 1 is 1.00 bits per heavy atom. The first kappa shape index (κ1) is 21.3. The Hall–Kier alpha value is -3.04. The van der Waals surface area contributed by atoms with Gasteiger partial charge in [-0.2, -0.15) is 0 Å². The molecule has 0 saturated heterocycles. The molecule has 1 amide bonds. The van der Waals surface area contributed by atoms with Gasteiger partial charge in [0.2, 0.25) is 10.0 Å². The van der Waals surface area contributed by atoms with Crippen molar-refractivity contribution in [1.29, 1.82) is 0 Å². The Morgan fingerprint density at radius 3 is 2.29 bits per heavy atom. The Balaban J connectivity index is 2.01. The predicted octanol–water partition coefficient (Wildman–Crippen LogP) is 1.93. The van der Waals surface area contributed by atoms with Crippen molar-refractivity contribution in [3.63, 3.8) is 0 Å². The number of esters is 1. The highest BCUT2D eigenvalue weighted by Gasteiger charge is 2.19. The van der Waals surface area contributed by atoms with Crippen molar-refractivity contribution in [2.75, 3.05) is 26.0 Å². The molecule has 0 aliphatic heterocycles. The minimum atomic E-state index is -3.70. The van der Waals surface area contributed by atoms with Crippen LogP contribution >= 0.6 is 0 Å². The molecule has 0 heterocycles. The van der Waals surface area contributed by atoms with Crippen molar-refractivity contribution in [2.45, 2.75) is 11.8 Å². The van der Waals surface area contributed by atoms with Crippen molar-refractivity contribution in [3.05, 3.63) is 59.7 Å². The van der Waals surface area contributed by atoms with Gasteiger partial charge in [0.05, 0.1) is 10.5 Å². The third-order valence-corrected chi connectivity index (χ3v) is 5.55. The molecule has 0 aromatic heterocycles. The highest BCUT2D eigenvalue weighted by atomic mass is 32.2. The minimum Gasteiger partial charge on any atom is -0.452 e. The predicted molar refractivity (Wildman–Crippen MR) is 103 cm³/mol. The molecule has 0 unspecified atom stereocenters. The van der Waals surface area contributed by atoms with Gasteiger partial charge in [-0.15, -0.1) is 0 Å². The number of carbonyl (C=O) groups excluding carboxylic acids is 3. The highest BCUT2D eigenvalue weighted by Crippen LogP contribution is 2.16. The molecule has 0 bridgehead atoms. The van der Waals surface area contributed by atoms with Gasteiger partial charge in [-0.1, -0.05) is 18.2 Å². The third-order valence-electron chi connectivity index (χ3n) is 3.74. The van der Waals surface area contributed by atoms with Gasteiger partial charge in [-0.25, -0.2) is 17.5 Å². The Labute approximate surface area is 163 Å². The van der Waals surface area contributed by atoms with Crippen molar-refractivity contribution in [1.82, 2.24) is 4.31 Å². The van der Waals surface area contributed by atoms with E-state index in [2.05, 4.69) is 5.32 Å². The fraction of sp³-hybridized carbons (Fsp3) is 0.211. The molecule has 0 spiro atoms. The summed E-state index contributed by atoms with van der Waals surface area (Å²) in [4.78, 5) is 35.4. The molecular weight excluding hydrogens is 384 g/mol. The highest BCUT2D eigenvalue weighted by molar-refractivity contribution is 7.89. The first-order valence-electron chi connectivity index (χ1n) is 8.22. The van der Waals surface area contributed by atoms with E-state index in [0.717, 1.165) is 4.31 Å². The molecule has 2 aromatic carbocycles. The maximum atomic E-state index is 12.1. The van der Waals surface area contributed by atoms with Crippen LogP contribution in [0.2, 0.25) is 0 Å². The van der Waals surface area contributed by atoms with Crippen LogP contribution in [0.15, 0.2) is 53.4 Å². The smallest absolute Gasteiger partial charge is 0.338 e. The first-order valence-corrected chi connectivity index (χ1v) is 9.66. The average Bonchev–Trinajstić information content (AvgIpc) is 2.66. The zero-order valence-electron chi connectivity index (χ0n) is 15.6. The lowest BCUT2D eigenvalue weighted by Gasteiger charge is -2.12. The zero-order valence-corrected chi connectivity index (χ0v) is 16.4. The molecule has 0 atom stereocenters. The lowest BCUT2D eigenvalue weighted by molar-refractivity contribution is -0.119. The Morgan fingerprint density at radius 2 is 1.64 bits per heavy atom. The average molecular weight is 404 g/mol. The summed E-state index contributed by atoms with van der Waals surface area (Å²) in [6.45, 7) is 0.848. The van der Waals surface area contributed by atoms with E-state index in [-0.39, 0.29) is 16.2 Å². The molecule has 0 radical (unpaired) electrons. The van der Waals surface area contributed by atoms with Gasteiger partial charge in [0.15, 0.2) is 12.4 Å². The van der Waals surface area contributed by atoms with Crippen molar-refractivity contribution < 1.29 is 27.5 Å². The molecular formula is C19H20N2O6S. The number of nitrogens with zero attached hydrogens (tertiary/aromatic N) is 1. The number of ether oxygens (including phenoxy) is 1. The fourth-order valence-corrected chi connectivity index (χ4v) is 3.17. The second-order valence-corrected chi connectivity index (χ2v) is 8.23. The van der Waals surface area contributed by atoms with Gasteiger partial charge in [0, 0.05) is 25.3 Å². The molecule has 2 rings (SSSR count). The van der Waals surface area contributed by atoms with E-state index in [0.29, 0.717) is 11.3 Å². The van der Waals surface area contributed by atoms with Crippen LogP contribution in [0.3, 0.4) is 0 Å². The molecule has 2 aromatic rings. The lowest BCUT2D eigenvalue weighted by Crippen LogP contribution is -2.23. The van der Waals surface area contributed by atoms with E-state index in [9.17, 15) is 22.8 Å². The minimum absolute atomic E-state index is 0.00861. The molecule has 8 nitrogen and oxygen atoms in total. The molecule has 0 aliphatic carbocycles. The number of hydrogen-bond donors (Lipinski definition) is 1. The lowest BCUT2D eigenvalue weighted by atomic mass is 10.1. The topological polar surface area (TPSA) is 110 Å². The first-order chi connectivity index (χ1) is 13.1. The number of anilines is 1. The zero-order chi connectivity index (χ0) is 20.9. The summed E-state index contributed by atoms with van der Waals surface area (Å²) < 4.78 is 30.2. The van der Waals surface area contributed by atoms with Crippen LogP contribution in [0, 0.1) is 0 Å². The van der Waals surface area contributed by atoms with Crippen LogP contribution in [0.5, 0.6) is 0 Å². The van der Waals surface area contributed by atoms with Crippen LogP contribution in [0.1, 0.15) is 27.6 Å².